The van der Waals surface area contributed by atoms with Crippen LogP contribution in [-0.4, -0.2) is 24.5 Å². The summed E-state index contributed by atoms with van der Waals surface area (Å²) in [5, 5.41) is 2.49. The molecule has 0 aliphatic heterocycles. The molecule has 0 aromatic carbocycles. The van der Waals surface area contributed by atoms with Crippen LogP contribution in [0.5, 0.6) is 0 Å². The molecule has 4 heteroatoms. The van der Waals surface area contributed by atoms with Crippen LogP contribution in [0.2, 0.25) is 0 Å². The second-order valence-electron chi connectivity index (χ2n) is 3.50. The summed E-state index contributed by atoms with van der Waals surface area (Å²) in [6, 6.07) is -0.619. The summed E-state index contributed by atoms with van der Waals surface area (Å²) in [5.74, 6) is -0.729. The minimum Gasteiger partial charge on any atom is -0.464 e. The summed E-state index contributed by atoms with van der Waals surface area (Å²) in [6.45, 7) is 9.08. The summed E-state index contributed by atoms with van der Waals surface area (Å²) < 4.78 is 4.94. The lowest BCUT2D eigenvalue weighted by atomic mass is 10.3. The second kappa shape index (κ2) is 7.04. The predicted molar refractivity (Wildman–Crippen MR) is 58.3 cm³/mol. The van der Waals surface area contributed by atoms with Crippen LogP contribution in [0.1, 0.15) is 33.6 Å². The van der Waals surface area contributed by atoms with E-state index in [1.807, 2.05) is 6.92 Å². The highest BCUT2D eigenvalue weighted by atomic mass is 16.5. The van der Waals surface area contributed by atoms with Crippen LogP contribution >= 0.6 is 0 Å². The molecular formula is C11H19NO3. The largest absolute Gasteiger partial charge is 0.464 e. The first-order chi connectivity index (χ1) is 6.99. The fourth-order valence-electron chi connectivity index (χ4n) is 0.821. The third-order valence-corrected chi connectivity index (χ3v) is 1.83. The molecule has 4 nitrogen and oxygen atoms in total. The highest BCUT2D eigenvalue weighted by Gasteiger charge is 2.16. The molecule has 0 heterocycles. The second-order valence-corrected chi connectivity index (χ2v) is 3.50. The molecule has 86 valence electrons. The minimum atomic E-state index is -0.619. The Hall–Kier alpha value is -1.32. The molecule has 0 radical (unpaired) electrons. The first kappa shape index (κ1) is 13.7. The SMILES string of the molecule is C=C(C)C(=O)N[C@H](C)C(=O)OCCCC. The maximum absolute atomic E-state index is 11.3. The first-order valence-electron chi connectivity index (χ1n) is 5.12. The van der Waals surface area contributed by atoms with Gasteiger partial charge in [0.1, 0.15) is 6.04 Å². The number of unbranched alkanes of at least 4 members (excludes halogenated alkanes) is 1. The van der Waals surface area contributed by atoms with Crippen LogP contribution < -0.4 is 5.32 Å². The van der Waals surface area contributed by atoms with Crippen molar-refractivity contribution in [2.45, 2.75) is 39.7 Å². The van der Waals surface area contributed by atoms with Crippen molar-refractivity contribution in [3.8, 4) is 0 Å². The lowest BCUT2D eigenvalue weighted by Gasteiger charge is -2.12. The topological polar surface area (TPSA) is 55.4 Å². The third kappa shape index (κ3) is 5.88. The van der Waals surface area contributed by atoms with E-state index in [4.69, 9.17) is 4.74 Å². The van der Waals surface area contributed by atoms with Gasteiger partial charge < -0.3 is 10.1 Å². The number of ether oxygens (including phenoxy) is 1. The Balaban J connectivity index is 3.88. The van der Waals surface area contributed by atoms with E-state index in [1.165, 1.54) is 0 Å². The Morgan fingerprint density at radius 2 is 2.07 bits per heavy atom. The summed E-state index contributed by atoms with van der Waals surface area (Å²) in [4.78, 5) is 22.5. The molecule has 1 N–H and O–H groups in total. The lowest BCUT2D eigenvalue weighted by Crippen LogP contribution is -2.39. The van der Waals surface area contributed by atoms with Crippen LogP contribution in [-0.2, 0) is 14.3 Å². The molecule has 0 unspecified atom stereocenters. The van der Waals surface area contributed by atoms with Gasteiger partial charge in [0.15, 0.2) is 0 Å². The number of carbonyl (C=O) groups excluding carboxylic acids is 2. The molecule has 15 heavy (non-hydrogen) atoms. The van der Waals surface area contributed by atoms with Gasteiger partial charge in [-0.15, -0.1) is 0 Å². The van der Waals surface area contributed by atoms with Gasteiger partial charge >= 0.3 is 5.97 Å². The molecule has 0 spiro atoms. The summed E-state index contributed by atoms with van der Waals surface area (Å²) >= 11 is 0. The van der Waals surface area contributed by atoms with Gasteiger partial charge in [0.2, 0.25) is 5.91 Å². The van der Waals surface area contributed by atoms with Crippen LogP contribution in [0, 0.1) is 0 Å². The Morgan fingerprint density at radius 1 is 1.47 bits per heavy atom. The van der Waals surface area contributed by atoms with E-state index in [9.17, 15) is 9.59 Å². The van der Waals surface area contributed by atoms with Gasteiger partial charge in [-0.25, -0.2) is 4.79 Å². The molecule has 0 aromatic heterocycles. The highest BCUT2D eigenvalue weighted by Crippen LogP contribution is 1.94. The number of hydrogen-bond acceptors (Lipinski definition) is 3. The van der Waals surface area contributed by atoms with E-state index < -0.39 is 12.0 Å². The number of esters is 1. The summed E-state index contributed by atoms with van der Waals surface area (Å²) in [5.41, 5.74) is 0.378. The Morgan fingerprint density at radius 3 is 2.53 bits per heavy atom. The molecule has 1 atom stereocenters. The average Bonchev–Trinajstić information content (AvgIpc) is 2.17. The average molecular weight is 213 g/mol. The maximum atomic E-state index is 11.3. The normalized spacial score (nSPS) is 11.7. The van der Waals surface area contributed by atoms with Crippen LogP contribution in [0.3, 0.4) is 0 Å². The lowest BCUT2D eigenvalue weighted by molar-refractivity contribution is -0.147. The quantitative estimate of drug-likeness (QED) is 0.412. The van der Waals surface area contributed by atoms with E-state index in [0.717, 1.165) is 12.8 Å². The van der Waals surface area contributed by atoms with E-state index in [0.29, 0.717) is 12.2 Å². The fourth-order valence-corrected chi connectivity index (χ4v) is 0.821. The van der Waals surface area contributed by atoms with Crippen molar-refractivity contribution in [3.05, 3.63) is 12.2 Å². The van der Waals surface area contributed by atoms with Gasteiger partial charge in [-0.3, -0.25) is 4.79 Å². The van der Waals surface area contributed by atoms with Crippen molar-refractivity contribution in [2.75, 3.05) is 6.61 Å². The Labute approximate surface area is 90.7 Å². The zero-order valence-corrected chi connectivity index (χ0v) is 9.63. The molecule has 0 rings (SSSR count). The maximum Gasteiger partial charge on any atom is 0.328 e. The van der Waals surface area contributed by atoms with Gasteiger partial charge in [0, 0.05) is 5.57 Å². The van der Waals surface area contributed by atoms with Crippen molar-refractivity contribution >= 4 is 11.9 Å². The number of nitrogens with one attached hydrogen (secondary N) is 1. The predicted octanol–water partition coefficient (Wildman–Crippen LogP) is 1.41. The minimum absolute atomic E-state index is 0.324. The molecule has 0 aliphatic carbocycles. The van der Waals surface area contributed by atoms with E-state index >= 15 is 0 Å². The fraction of sp³-hybridized carbons (Fsp3) is 0.636. The van der Waals surface area contributed by atoms with E-state index in [1.54, 1.807) is 13.8 Å². The van der Waals surface area contributed by atoms with Gasteiger partial charge in [0.05, 0.1) is 6.61 Å². The molecule has 0 bridgehead atoms. The zero-order valence-electron chi connectivity index (χ0n) is 9.63. The van der Waals surface area contributed by atoms with Gasteiger partial charge in [0.25, 0.3) is 0 Å². The molecular weight excluding hydrogens is 194 g/mol. The summed E-state index contributed by atoms with van der Waals surface area (Å²) in [6.07, 6.45) is 1.81. The van der Waals surface area contributed by atoms with Gasteiger partial charge in [-0.2, -0.15) is 0 Å². The van der Waals surface area contributed by atoms with Crippen molar-refractivity contribution in [2.24, 2.45) is 0 Å². The van der Waals surface area contributed by atoms with Gasteiger partial charge in [-0.05, 0) is 20.3 Å². The van der Waals surface area contributed by atoms with Crippen molar-refractivity contribution in [1.29, 1.82) is 0 Å². The van der Waals surface area contributed by atoms with Crippen LogP contribution in [0.15, 0.2) is 12.2 Å². The smallest absolute Gasteiger partial charge is 0.328 e. The molecule has 0 aromatic rings. The van der Waals surface area contributed by atoms with Crippen molar-refractivity contribution in [1.82, 2.24) is 5.32 Å². The van der Waals surface area contributed by atoms with Crippen molar-refractivity contribution in [3.63, 3.8) is 0 Å². The molecule has 0 saturated carbocycles. The number of rotatable bonds is 6. The van der Waals surface area contributed by atoms with Crippen molar-refractivity contribution < 1.29 is 14.3 Å². The van der Waals surface area contributed by atoms with Crippen LogP contribution in [0.4, 0.5) is 0 Å². The number of hydrogen-bond donors (Lipinski definition) is 1. The zero-order chi connectivity index (χ0) is 11.8. The highest BCUT2D eigenvalue weighted by molar-refractivity contribution is 5.94. The van der Waals surface area contributed by atoms with E-state index in [-0.39, 0.29) is 5.91 Å². The third-order valence-electron chi connectivity index (χ3n) is 1.83. The molecule has 1 amide bonds. The Kier molecular flexibility index (Phi) is 6.42. The van der Waals surface area contributed by atoms with E-state index in [2.05, 4.69) is 11.9 Å². The molecule has 0 saturated heterocycles. The monoisotopic (exact) mass is 213 g/mol. The number of carbonyl (C=O) groups is 2. The van der Waals surface area contributed by atoms with Gasteiger partial charge in [-0.1, -0.05) is 19.9 Å². The summed E-state index contributed by atoms with van der Waals surface area (Å²) in [7, 11) is 0. The first-order valence-corrected chi connectivity index (χ1v) is 5.12. The standard InChI is InChI=1S/C11H19NO3/c1-5-6-7-15-11(14)9(4)12-10(13)8(2)3/h9H,2,5-7H2,1,3-4H3,(H,12,13)/t9-/m1/s1. The molecule has 0 aliphatic rings. The molecule has 0 fully saturated rings. The van der Waals surface area contributed by atoms with Crippen LogP contribution in [0.25, 0.3) is 0 Å². The number of amides is 1. The Bertz CT molecular complexity index is 248.